The number of nitrogens with one attached hydrogen (secondary N) is 1. The number of pyridine rings is 1. The molecule has 1 aromatic heterocycles. The molecule has 0 saturated carbocycles. The number of hydrogen-bond acceptors (Lipinski definition) is 3. The van der Waals surface area contributed by atoms with E-state index in [9.17, 15) is 9.18 Å². The molecule has 0 aliphatic heterocycles. The monoisotopic (exact) mass is 338 g/mol. The van der Waals surface area contributed by atoms with Gasteiger partial charge in [-0.1, -0.05) is 0 Å². The van der Waals surface area contributed by atoms with Crippen molar-refractivity contribution in [1.82, 2.24) is 4.98 Å². The van der Waals surface area contributed by atoms with Crippen LogP contribution in [0.4, 0.5) is 10.1 Å². The van der Waals surface area contributed by atoms with Gasteiger partial charge in [0, 0.05) is 11.9 Å². The van der Waals surface area contributed by atoms with Crippen LogP contribution in [0, 0.1) is 12.7 Å². The molecule has 0 unspecified atom stereocenters. The van der Waals surface area contributed by atoms with Gasteiger partial charge >= 0.3 is 5.97 Å². The van der Waals surface area contributed by atoms with E-state index in [2.05, 4.69) is 26.2 Å². The molecular weight excluding hydrogens is 327 g/mol. The lowest BCUT2D eigenvalue weighted by Gasteiger charge is -2.10. The van der Waals surface area contributed by atoms with Gasteiger partial charge in [-0.05, 0) is 52.7 Å². The normalized spacial score (nSPS) is 10.3. The number of carboxylic acids is 1. The lowest BCUT2D eigenvalue weighted by molar-refractivity contribution is 0.0696. The third kappa shape index (κ3) is 3.33. The molecule has 0 saturated heterocycles. The fourth-order valence-corrected chi connectivity index (χ4v) is 2.14. The van der Waals surface area contributed by atoms with Gasteiger partial charge in [0.05, 0.1) is 22.3 Å². The largest absolute Gasteiger partial charge is 0.478 e. The highest BCUT2D eigenvalue weighted by atomic mass is 79.9. The number of aryl methyl sites for hydroxylation is 1. The van der Waals surface area contributed by atoms with E-state index < -0.39 is 5.97 Å². The van der Waals surface area contributed by atoms with Crippen molar-refractivity contribution < 1.29 is 14.3 Å². The summed E-state index contributed by atoms with van der Waals surface area (Å²) in [7, 11) is 0. The molecule has 0 fully saturated rings. The second-order valence-electron chi connectivity index (χ2n) is 4.28. The molecule has 0 radical (unpaired) electrons. The van der Waals surface area contributed by atoms with Gasteiger partial charge in [0.15, 0.2) is 0 Å². The summed E-state index contributed by atoms with van der Waals surface area (Å²) in [5.74, 6) is -1.35. The van der Waals surface area contributed by atoms with Crippen LogP contribution < -0.4 is 5.32 Å². The summed E-state index contributed by atoms with van der Waals surface area (Å²) in [5.41, 5.74) is 2.40. The first-order valence-electron chi connectivity index (χ1n) is 5.85. The van der Waals surface area contributed by atoms with E-state index in [0.29, 0.717) is 22.4 Å². The Balaban J connectivity index is 2.09. The molecule has 2 N–H and O–H groups in total. The molecule has 1 heterocycles. The fraction of sp³-hybridized carbons (Fsp3) is 0.143. The summed E-state index contributed by atoms with van der Waals surface area (Å²) in [4.78, 5) is 14.7. The van der Waals surface area contributed by atoms with Gasteiger partial charge in [-0.2, -0.15) is 0 Å². The predicted molar refractivity (Wildman–Crippen MR) is 77.4 cm³/mol. The molecular formula is C14H12BrFN2O2. The van der Waals surface area contributed by atoms with Crippen LogP contribution in [0.25, 0.3) is 0 Å². The van der Waals surface area contributed by atoms with Gasteiger partial charge in [0.1, 0.15) is 5.82 Å². The number of aromatic nitrogens is 1. The Kier molecular flexibility index (Phi) is 4.34. The number of carboxylic acid groups (broad SMARTS) is 1. The summed E-state index contributed by atoms with van der Waals surface area (Å²) in [5, 5.41) is 11.8. The van der Waals surface area contributed by atoms with Crippen molar-refractivity contribution >= 4 is 27.6 Å². The van der Waals surface area contributed by atoms with Crippen LogP contribution in [0.2, 0.25) is 0 Å². The van der Waals surface area contributed by atoms with E-state index in [4.69, 9.17) is 5.11 Å². The highest BCUT2D eigenvalue weighted by Gasteiger charge is 2.06. The van der Waals surface area contributed by atoms with Crippen LogP contribution in [-0.2, 0) is 6.54 Å². The minimum atomic E-state index is -1.01. The quantitative estimate of drug-likeness (QED) is 0.893. The first-order chi connectivity index (χ1) is 9.47. The molecule has 20 heavy (non-hydrogen) atoms. The molecule has 2 aromatic rings. The maximum absolute atomic E-state index is 13.5. The zero-order chi connectivity index (χ0) is 14.7. The number of aromatic carboxylic acids is 1. The Morgan fingerprint density at radius 2 is 2.20 bits per heavy atom. The third-order valence-electron chi connectivity index (χ3n) is 2.80. The molecule has 104 valence electrons. The molecule has 0 aliphatic carbocycles. The summed E-state index contributed by atoms with van der Waals surface area (Å²) < 4.78 is 13.9. The highest BCUT2D eigenvalue weighted by Crippen LogP contribution is 2.24. The number of anilines is 1. The van der Waals surface area contributed by atoms with Crippen LogP contribution in [0.15, 0.2) is 34.9 Å². The standard InChI is InChI=1S/C14H12BrFN2O2/c1-8-4-11(15)12(16)5-13(8)18-7-10-3-2-9(6-17-10)14(19)20/h2-6,18H,7H2,1H3,(H,19,20). The first kappa shape index (κ1) is 14.5. The van der Waals surface area contributed by atoms with Crippen molar-refractivity contribution in [3.8, 4) is 0 Å². The van der Waals surface area contributed by atoms with Gasteiger partial charge < -0.3 is 10.4 Å². The summed E-state index contributed by atoms with van der Waals surface area (Å²) in [6.45, 7) is 2.26. The maximum atomic E-state index is 13.5. The van der Waals surface area contributed by atoms with E-state index in [1.165, 1.54) is 18.3 Å². The Morgan fingerprint density at radius 1 is 1.45 bits per heavy atom. The van der Waals surface area contributed by atoms with Gasteiger partial charge in [0.2, 0.25) is 0 Å². The first-order valence-corrected chi connectivity index (χ1v) is 6.64. The van der Waals surface area contributed by atoms with Gasteiger partial charge in [-0.15, -0.1) is 0 Å². The Morgan fingerprint density at radius 3 is 2.80 bits per heavy atom. The van der Waals surface area contributed by atoms with Crippen LogP contribution >= 0.6 is 15.9 Å². The van der Waals surface area contributed by atoms with Gasteiger partial charge in [0.25, 0.3) is 0 Å². The van der Waals surface area contributed by atoms with Crippen LogP contribution in [0.1, 0.15) is 21.6 Å². The minimum Gasteiger partial charge on any atom is -0.478 e. The van der Waals surface area contributed by atoms with Crippen molar-refractivity contribution in [1.29, 1.82) is 0 Å². The average molecular weight is 339 g/mol. The molecule has 0 atom stereocenters. The molecule has 0 aliphatic rings. The Labute approximate surface area is 123 Å². The molecule has 6 heteroatoms. The van der Waals surface area contributed by atoms with E-state index in [1.807, 2.05) is 6.92 Å². The van der Waals surface area contributed by atoms with Gasteiger partial charge in [-0.3, -0.25) is 4.98 Å². The lowest BCUT2D eigenvalue weighted by Crippen LogP contribution is -2.05. The summed E-state index contributed by atoms with van der Waals surface area (Å²) in [6, 6.07) is 6.21. The van der Waals surface area contributed by atoms with E-state index >= 15 is 0 Å². The number of carbonyl (C=O) groups is 1. The van der Waals surface area contributed by atoms with Crippen molar-refractivity contribution in [2.75, 3.05) is 5.32 Å². The molecule has 0 bridgehead atoms. The molecule has 1 aromatic carbocycles. The van der Waals surface area contributed by atoms with Crippen molar-refractivity contribution in [2.45, 2.75) is 13.5 Å². The fourth-order valence-electron chi connectivity index (χ4n) is 1.68. The number of nitrogens with zero attached hydrogens (tertiary/aromatic N) is 1. The topological polar surface area (TPSA) is 62.2 Å². The number of rotatable bonds is 4. The molecule has 0 amide bonds. The van der Waals surface area contributed by atoms with E-state index in [1.54, 1.807) is 12.1 Å². The van der Waals surface area contributed by atoms with Crippen molar-refractivity contribution in [3.05, 3.63) is 57.6 Å². The van der Waals surface area contributed by atoms with Crippen LogP contribution in [0.5, 0.6) is 0 Å². The van der Waals surface area contributed by atoms with Gasteiger partial charge in [-0.25, -0.2) is 9.18 Å². The minimum absolute atomic E-state index is 0.139. The van der Waals surface area contributed by atoms with Crippen LogP contribution in [-0.4, -0.2) is 16.1 Å². The SMILES string of the molecule is Cc1cc(Br)c(F)cc1NCc1ccc(C(=O)O)cn1. The third-order valence-corrected chi connectivity index (χ3v) is 3.41. The molecule has 4 nitrogen and oxygen atoms in total. The average Bonchev–Trinajstić information content (AvgIpc) is 2.42. The van der Waals surface area contributed by atoms with E-state index in [-0.39, 0.29) is 11.4 Å². The molecule has 2 rings (SSSR count). The van der Waals surface area contributed by atoms with Crippen LogP contribution in [0.3, 0.4) is 0 Å². The lowest BCUT2D eigenvalue weighted by atomic mass is 10.2. The second-order valence-corrected chi connectivity index (χ2v) is 5.13. The smallest absolute Gasteiger partial charge is 0.337 e. The van der Waals surface area contributed by atoms with Crippen molar-refractivity contribution in [2.24, 2.45) is 0 Å². The van der Waals surface area contributed by atoms with E-state index in [0.717, 1.165) is 5.56 Å². The number of hydrogen-bond donors (Lipinski definition) is 2. The maximum Gasteiger partial charge on any atom is 0.337 e. The highest BCUT2D eigenvalue weighted by molar-refractivity contribution is 9.10. The molecule has 0 spiro atoms. The zero-order valence-corrected chi connectivity index (χ0v) is 12.2. The number of benzene rings is 1. The zero-order valence-electron chi connectivity index (χ0n) is 10.7. The summed E-state index contributed by atoms with van der Waals surface area (Å²) in [6.07, 6.45) is 1.30. The second kappa shape index (κ2) is 6.00. The Hall–Kier alpha value is -1.95. The Bertz CT molecular complexity index is 644. The number of halogens is 2. The van der Waals surface area contributed by atoms with Crippen molar-refractivity contribution in [3.63, 3.8) is 0 Å². The summed E-state index contributed by atoms with van der Waals surface area (Å²) >= 11 is 3.13. The predicted octanol–water partition coefficient (Wildman–Crippen LogP) is 3.60.